The molecule has 0 bridgehead atoms. The Morgan fingerprint density at radius 2 is 1.48 bits per heavy atom. The fourth-order valence-electron chi connectivity index (χ4n) is 3.42. The molecule has 0 aliphatic carbocycles. The minimum Gasteiger partial charge on any atom is -0.345 e. The number of allylic oxidation sites excluding steroid dienone is 1. The molecule has 0 aromatic heterocycles. The maximum atomic E-state index is 15.0. The maximum Gasteiger partial charge on any atom is 0.417 e. The Labute approximate surface area is 238 Å². The third-order valence-electron chi connectivity index (χ3n) is 5.39. The third kappa shape index (κ3) is 9.18. The average Bonchev–Trinajstić information content (AvgIpc) is 2.82. The van der Waals surface area contributed by atoms with Crippen molar-refractivity contribution in [3.8, 4) is 0 Å². The summed E-state index contributed by atoms with van der Waals surface area (Å²) in [5, 5.41) is 1.37. The lowest BCUT2D eigenvalue weighted by molar-refractivity contribution is -0.140. The van der Waals surface area contributed by atoms with E-state index in [1.54, 1.807) is 5.32 Å². The molecule has 0 saturated heterocycles. The Bertz CT molecular complexity index is 1330. The predicted octanol–water partition coefficient (Wildman–Crippen LogP) is 8.40. The molecular weight excluding hydrogens is 647 g/mol. The van der Waals surface area contributed by atoms with Gasteiger partial charge in [-0.05, 0) is 42.8 Å². The lowest BCUT2D eigenvalue weighted by atomic mass is 9.94. The van der Waals surface area contributed by atoms with E-state index >= 15 is 0 Å². The second-order valence-corrected chi connectivity index (χ2v) is 9.33. The van der Waals surface area contributed by atoms with Gasteiger partial charge in [-0.15, -0.1) is 0 Å². The average molecular weight is 663 g/mol. The summed E-state index contributed by atoms with van der Waals surface area (Å²) in [5.41, 5.74) is -6.10. The van der Waals surface area contributed by atoms with Crippen LogP contribution in [0, 0.1) is 0 Å². The Morgan fingerprint density at radius 1 is 0.929 bits per heavy atom. The molecule has 0 radical (unpaired) electrons. The van der Waals surface area contributed by atoms with Gasteiger partial charge in [-0.25, -0.2) is 13.2 Å². The number of rotatable bonds is 8. The smallest absolute Gasteiger partial charge is 0.345 e. The molecule has 2 aromatic rings. The summed E-state index contributed by atoms with van der Waals surface area (Å²) >= 11 is 11.2. The van der Waals surface area contributed by atoms with E-state index in [-0.39, 0.29) is 12.1 Å². The molecular formula is C24H16Cl2F12N2O2. The summed E-state index contributed by atoms with van der Waals surface area (Å²) in [4.78, 5) is 24.1. The fraction of sp³-hybridized carbons (Fsp3) is 0.333. The normalized spacial score (nSPS) is 14.5. The van der Waals surface area contributed by atoms with Crippen molar-refractivity contribution in [2.24, 2.45) is 0 Å². The van der Waals surface area contributed by atoms with Crippen LogP contribution in [-0.4, -0.2) is 36.8 Å². The molecule has 2 aromatic carbocycles. The number of carbonyl (C=O) groups excluding carboxylic acids is 2. The van der Waals surface area contributed by atoms with E-state index in [1.807, 2.05) is 0 Å². The largest absolute Gasteiger partial charge is 0.417 e. The van der Waals surface area contributed by atoms with Crippen molar-refractivity contribution in [1.82, 2.24) is 10.6 Å². The SMILES string of the molecule is C[C@@H](NC(=O)c1ccc(/C(F)=C/C(c2cc(Cl)c(C(F)F)c(Cl)c2)C(F)(F)F)cc1C(F)(F)F)C(=O)NCC(F)(F)F. The molecule has 2 atom stereocenters. The molecule has 1 unspecified atom stereocenters. The highest BCUT2D eigenvalue weighted by atomic mass is 35.5. The number of benzene rings is 2. The zero-order chi connectivity index (χ0) is 32.4. The third-order valence-corrected chi connectivity index (χ3v) is 6.02. The van der Waals surface area contributed by atoms with E-state index in [2.05, 4.69) is 0 Å². The molecule has 2 rings (SSSR count). The molecule has 0 spiro atoms. The summed E-state index contributed by atoms with van der Waals surface area (Å²) < 4.78 is 160. The molecule has 42 heavy (non-hydrogen) atoms. The van der Waals surface area contributed by atoms with Gasteiger partial charge in [-0.3, -0.25) is 9.59 Å². The molecule has 2 amide bonds. The van der Waals surface area contributed by atoms with Crippen LogP contribution in [0.4, 0.5) is 52.7 Å². The Hall–Kier alpha value is -3.14. The highest BCUT2D eigenvalue weighted by molar-refractivity contribution is 6.36. The van der Waals surface area contributed by atoms with Gasteiger partial charge in [0.2, 0.25) is 5.91 Å². The van der Waals surface area contributed by atoms with E-state index in [9.17, 15) is 62.3 Å². The van der Waals surface area contributed by atoms with Crippen molar-refractivity contribution in [3.63, 3.8) is 0 Å². The van der Waals surface area contributed by atoms with Gasteiger partial charge < -0.3 is 10.6 Å². The van der Waals surface area contributed by atoms with E-state index in [1.165, 1.54) is 5.32 Å². The first-order chi connectivity index (χ1) is 19.0. The molecule has 0 heterocycles. The van der Waals surface area contributed by atoms with Crippen molar-refractivity contribution in [1.29, 1.82) is 0 Å². The number of alkyl halides is 11. The highest BCUT2D eigenvalue weighted by Crippen LogP contribution is 2.43. The molecule has 2 N–H and O–H groups in total. The van der Waals surface area contributed by atoms with Crippen LogP contribution in [0.1, 0.15) is 51.9 Å². The molecule has 0 fully saturated rings. The maximum absolute atomic E-state index is 15.0. The van der Waals surface area contributed by atoms with Crippen LogP contribution in [0.3, 0.4) is 0 Å². The van der Waals surface area contributed by atoms with Gasteiger partial charge in [0, 0.05) is 5.56 Å². The fourth-order valence-corrected chi connectivity index (χ4v) is 4.09. The molecule has 232 valence electrons. The summed E-state index contributed by atoms with van der Waals surface area (Å²) in [7, 11) is 0. The summed E-state index contributed by atoms with van der Waals surface area (Å²) in [6.07, 6.45) is -19.0. The zero-order valence-electron chi connectivity index (χ0n) is 20.5. The quantitative estimate of drug-likeness (QED) is 0.279. The first kappa shape index (κ1) is 35.1. The van der Waals surface area contributed by atoms with Crippen LogP contribution in [-0.2, 0) is 11.0 Å². The summed E-state index contributed by atoms with van der Waals surface area (Å²) in [5.74, 6) is -7.82. The Morgan fingerprint density at radius 3 is 1.93 bits per heavy atom. The van der Waals surface area contributed by atoms with E-state index in [0.29, 0.717) is 24.3 Å². The van der Waals surface area contributed by atoms with Crippen molar-refractivity contribution in [2.45, 2.75) is 43.8 Å². The molecule has 0 aliphatic heterocycles. The number of amides is 2. The van der Waals surface area contributed by atoms with Gasteiger partial charge in [-0.2, -0.15) is 39.5 Å². The zero-order valence-corrected chi connectivity index (χ0v) is 22.0. The molecule has 4 nitrogen and oxygen atoms in total. The molecule has 0 aliphatic rings. The van der Waals surface area contributed by atoms with Crippen LogP contribution in [0.5, 0.6) is 0 Å². The minimum atomic E-state index is -5.40. The lowest BCUT2D eigenvalue weighted by Crippen LogP contribution is -2.47. The first-order valence-electron chi connectivity index (χ1n) is 11.1. The summed E-state index contributed by atoms with van der Waals surface area (Å²) in [6.45, 7) is -0.939. The van der Waals surface area contributed by atoms with Gasteiger partial charge in [0.1, 0.15) is 24.3 Å². The monoisotopic (exact) mass is 662 g/mol. The number of hydrogen-bond donors (Lipinski definition) is 2. The Kier molecular flexibility index (Phi) is 10.9. The van der Waals surface area contributed by atoms with E-state index in [4.69, 9.17) is 23.2 Å². The molecule has 18 heteroatoms. The van der Waals surface area contributed by atoms with E-state index in [0.717, 1.165) is 6.92 Å². The van der Waals surface area contributed by atoms with Gasteiger partial charge >= 0.3 is 18.5 Å². The second-order valence-electron chi connectivity index (χ2n) is 8.52. The molecule has 0 saturated carbocycles. The number of nitrogens with one attached hydrogen (secondary N) is 2. The van der Waals surface area contributed by atoms with Crippen molar-refractivity contribution >= 4 is 40.8 Å². The van der Waals surface area contributed by atoms with Crippen molar-refractivity contribution in [2.75, 3.05) is 6.54 Å². The van der Waals surface area contributed by atoms with Crippen molar-refractivity contribution in [3.05, 3.63) is 74.3 Å². The van der Waals surface area contributed by atoms with Crippen LogP contribution in [0.15, 0.2) is 36.4 Å². The summed E-state index contributed by atoms with van der Waals surface area (Å²) in [6, 6.07) is -0.0239. The number of hydrogen-bond acceptors (Lipinski definition) is 2. The van der Waals surface area contributed by atoms with Crippen molar-refractivity contribution < 1.29 is 62.3 Å². The van der Waals surface area contributed by atoms with Crippen LogP contribution in [0.25, 0.3) is 5.83 Å². The number of carbonyl (C=O) groups is 2. The topological polar surface area (TPSA) is 58.2 Å². The number of halogens is 14. The van der Waals surface area contributed by atoms with Gasteiger partial charge in [0.05, 0.1) is 26.7 Å². The highest BCUT2D eigenvalue weighted by Gasteiger charge is 2.41. The van der Waals surface area contributed by atoms with Gasteiger partial charge in [0.25, 0.3) is 12.3 Å². The van der Waals surface area contributed by atoms with Crippen LogP contribution in [0.2, 0.25) is 10.0 Å². The Balaban J connectivity index is 2.48. The first-order valence-corrected chi connectivity index (χ1v) is 11.9. The van der Waals surface area contributed by atoms with Gasteiger partial charge in [0.15, 0.2) is 0 Å². The standard InChI is InChI=1S/C24H16Cl2F12N2O2/c1-9(20(41)39-8-22(30,31)32)40-21(42)12-3-2-10(4-14(12)24(36,37)38)17(27)7-13(23(33,34)35)11-5-15(25)18(19(28)29)16(26)6-11/h2-7,9,13,19H,8H2,1H3,(H,39,41)(H,40,42)/b17-7-/t9-,13?/m1/s1. The minimum absolute atomic E-state index is 0.0115. The van der Waals surface area contributed by atoms with Crippen LogP contribution < -0.4 is 10.6 Å². The second kappa shape index (κ2) is 13.0. The van der Waals surface area contributed by atoms with Gasteiger partial charge in [-0.1, -0.05) is 29.3 Å². The lowest BCUT2D eigenvalue weighted by Gasteiger charge is -2.20. The van der Waals surface area contributed by atoms with E-state index < -0.39 is 99.0 Å². The predicted molar refractivity (Wildman–Crippen MR) is 127 cm³/mol. The van der Waals surface area contributed by atoms with Crippen LogP contribution >= 0.6 is 23.2 Å².